The van der Waals surface area contributed by atoms with Crippen LogP contribution in [0.1, 0.15) is 18.4 Å². The van der Waals surface area contributed by atoms with Gasteiger partial charge in [0.2, 0.25) is 0 Å². The van der Waals surface area contributed by atoms with Gasteiger partial charge in [-0.3, -0.25) is 0 Å². The highest BCUT2D eigenvalue weighted by Crippen LogP contribution is 2.16. The molecule has 0 aliphatic carbocycles. The third kappa shape index (κ3) is 2.21. The standard InChI is InChI=1S/C9H12ClN/c1-7(6-11)8-2-4-9(10)5-3-8/h2-5,7H,6,11H2,1H3/p+1/t7-/m0/s1. The molecule has 0 aliphatic rings. The summed E-state index contributed by atoms with van der Waals surface area (Å²) in [5.74, 6) is 0.535. The summed E-state index contributed by atoms with van der Waals surface area (Å²) in [5, 5.41) is 0.796. The third-order valence-electron chi connectivity index (χ3n) is 1.87. The zero-order valence-electron chi connectivity index (χ0n) is 6.68. The lowest BCUT2D eigenvalue weighted by atomic mass is 10.0. The average molecular weight is 171 g/mol. The van der Waals surface area contributed by atoms with Crippen molar-refractivity contribution in [1.82, 2.24) is 0 Å². The van der Waals surface area contributed by atoms with Gasteiger partial charge in [-0.1, -0.05) is 30.7 Å². The van der Waals surface area contributed by atoms with E-state index in [1.807, 2.05) is 12.1 Å². The summed E-state index contributed by atoms with van der Waals surface area (Å²) in [5.41, 5.74) is 5.16. The summed E-state index contributed by atoms with van der Waals surface area (Å²) < 4.78 is 0. The quantitative estimate of drug-likeness (QED) is 0.700. The summed E-state index contributed by atoms with van der Waals surface area (Å²) in [6, 6.07) is 7.95. The van der Waals surface area contributed by atoms with Crippen LogP contribution >= 0.6 is 11.6 Å². The molecule has 1 rings (SSSR count). The average Bonchev–Trinajstić information content (AvgIpc) is 2.05. The minimum absolute atomic E-state index is 0.535. The fraction of sp³-hybridized carbons (Fsp3) is 0.333. The van der Waals surface area contributed by atoms with Gasteiger partial charge >= 0.3 is 0 Å². The second kappa shape index (κ2) is 3.74. The van der Waals surface area contributed by atoms with Crippen LogP contribution in [0.15, 0.2) is 24.3 Å². The van der Waals surface area contributed by atoms with Crippen LogP contribution in [0.2, 0.25) is 5.02 Å². The van der Waals surface area contributed by atoms with Crippen molar-refractivity contribution in [1.29, 1.82) is 0 Å². The van der Waals surface area contributed by atoms with Gasteiger partial charge in [-0.25, -0.2) is 0 Å². The SMILES string of the molecule is C[C@@H](C[NH3+])c1ccc(Cl)cc1. The normalized spacial score (nSPS) is 13.0. The van der Waals surface area contributed by atoms with Crippen LogP contribution in [0.25, 0.3) is 0 Å². The van der Waals surface area contributed by atoms with Crippen molar-refractivity contribution in [2.45, 2.75) is 12.8 Å². The van der Waals surface area contributed by atoms with E-state index in [9.17, 15) is 0 Å². The molecule has 11 heavy (non-hydrogen) atoms. The van der Waals surface area contributed by atoms with Gasteiger partial charge in [-0.15, -0.1) is 0 Å². The first-order chi connectivity index (χ1) is 5.24. The fourth-order valence-corrected chi connectivity index (χ4v) is 1.08. The molecule has 1 nitrogen and oxygen atoms in total. The van der Waals surface area contributed by atoms with Crippen molar-refractivity contribution in [3.63, 3.8) is 0 Å². The Bertz CT molecular complexity index is 218. The maximum absolute atomic E-state index is 5.74. The van der Waals surface area contributed by atoms with Crippen molar-refractivity contribution in [3.05, 3.63) is 34.9 Å². The number of hydrogen-bond donors (Lipinski definition) is 1. The van der Waals surface area contributed by atoms with Crippen LogP contribution < -0.4 is 5.73 Å². The number of halogens is 1. The third-order valence-corrected chi connectivity index (χ3v) is 2.12. The van der Waals surface area contributed by atoms with E-state index in [4.69, 9.17) is 11.6 Å². The summed E-state index contributed by atoms with van der Waals surface area (Å²) in [6.45, 7) is 3.10. The van der Waals surface area contributed by atoms with E-state index in [0.29, 0.717) is 5.92 Å². The first kappa shape index (κ1) is 8.57. The Kier molecular flexibility index (Phi) is 2.92. The highest BCUT2D eigenvalue weighted by atomic mass is 35.5. The first-order valence-corrected chi connectivity index (χ1v) is 4.16. The molecule has 60 valence electrons. The molecule has 0 aromatic heterocycles. The molecule has 3 N–H and O–H groups in total. The highest BCUT2D eigenvalue weighted by molar-refractivity contribution is 6.30. The molecule has 1 aromatic carbocycles. The molecule has 0 heterocycles. The van der Waals surface area contributed by atoms with E-state index in [1.165, 1.54) is 5.56 Å². The molecule has 0 spiro atoms. The van der Waals surface area contributed by atoms with Gasteiger partial charge in [0, 0.05) is 10.9 Å². The Morgan fingerprint density at radius 2 is 1.91 bits per heavy atom. The predicted octanol–water partition coefficient (Wildman–Crippen LogP) is 1.69. The molecule has 1 aromatic rings. The molecule has 1 atom stereocenters. The molecule has 0 amide bonds. The molecule has 0 bridgehead atoms. The minimum atomic E-state index is 0.535. The second-order valence-electron chi connectivity index (χ2n) is 2.74. The van der Waals surface area contributed by atoms with Crippen molar-refractivity contribution < 1.29 is 5.73 Å². The molecule has 0 aliphatic heterocycles. The Hall–Kier alpha value is -0.530. The lowest BCUT2D eigenvalue weighted by Gasteiger charge is -2.05. The van der Waals surface area contributed by atoms with Gasteiger partial charge < -0.3 is 5.73 Å². The van der Waals surface area contributed by atoms with Crippen LogP contribution in [-0.4, -0.2) is 6.54 Å². The van der Waals surface area contributed by atoms with Gasteiger partial charge in [0.15, 0.2) is 0 Å². The van der Waals surface area contributed by atoms with Gasteiger partial charge in [-0.2, -0.15) is 0 Å². The van der Waals surface area contributed by atoms with Crippen LogP contribution in [0.3, 0.4) is 0 Å². The monoisotopic (exact) mass is 170 g/mol. The lowest BCUT2D eigenvalue weighted by Crippen LogP contribution is -2.52. The van der Waals surface area contributed by atoms with E-state index >= 15 is 0 Å². The number of rotatable bonds is 2. The Labute approximate surface area is 72.2 Å². The smallest absolute Gasteiger partial charge is 0.0806 e. The van der Waals surface area contributed by atoms with Crippen LogP contribution in [0.4, 0.5) is 0 Å². The van der Waals surface area contributed by atoms with Gasteiger partial charge in [-0.05, 0) is 17.7 Å². The topological polar surface area (TPSA) is 27.6 Å². The molecule has 0 fully saturated rings. The maximum atomic E-state index is 5.74. The molecule has 2 heteroatoms. The van der Waals surface area contributed by atoms with Gasteiger partial charge in [0.05, 0.1) is 6.54 Å². The van der Waals surface area contributed by atoms with Crippen molar-refractivity contribution in [2.24, 2.45) is 0 Å². The van der Waals surface area contributed by atoms with Gasteiger partial charge in [0.1, 0.15) is 0 Å². The van der Waals surface area contributed by atoms with E-state index in [0.717, 1.165) is 11.6 Å². The Morgan fingerprint density at radius 3 is 2.36 bits per heavy atom. The van der Waals surface area contributed by atoms with Crippen LogP contribution in [0, 0.1) is 0 Å². The molecule has 0 radical (unpaired) electrons. The zero-order chi connectivity index (χ0) is 8.27. The number of quaternary nitrogens is 1. The summed E-state index contributed by atoms with van der Waals surface area (Å²) in [4.78, 5) is 0. The molecule has 0 saturated carbocycles. The second-order valence-corrected chi connectivity index (χ2v) is 3.18. The lowest BCUT2D eigenvalue weighted by molar-refractivity contribution is -0.371. The Morgan fingerprint density at radius 1 is 1.36 bits per heavy atom. The van der Waals surface area contributed by atoms with Crippen LogP contribution in [0.5, 0.6) is 0 Å². The molecule has 0 saturated heterocycles. The highest BCUT2D eigenvalue weighted by Gasteiger charge is 2.03. The van der Waals surface area contributed by atoms with E-state index < -0.39 is 0 Å². The molecular weight excluding hydrogens is 158 g/mol. The number of hydrogen-bond acceptors (Lipinski definition) is 0. The predicted molar refractivity (Wildman–Crippen MR) is 47.6 cm³/mol. The largest absolute Gasteiger partial charge is 0.357 e. The molecule has 0 unspecified atom stereocenters. The minimum Gasteiger partial charge on any atom is -0.357 e. The van der Waals surface area contributed by atoms with Crippen LogP contribution in [-0.2, 0) is 0 Å². The van der Waals surface area contributed by atoms with Crippen molar-refractivity contribution in [2.75, 3.05) is 6.54 Å². The van der Waals surface area contributed by atoms with E-state index in [2.05, 4.69) is 24.8 Å². The summed E-state index contributed by atoms with van der Waals surface area (Å²) >= 11 is 5.74. The zero-order valence-corrected chi connectivity index (χ0v) is 7.43. The van der Waals surface area contributed by atoms with Gasteiger partial charge in [0.25, 0.3) is 0 Å². The first-order valence-electron chi connectivity index (χ1n) is 3.78. The van der Waals surface area contributed by atoms with Crippen molar-refractivity contribution in [3.8, 4) is 0 Å². The fourth-order valence-electron chi connectivity index (χ4n) is 0.958. The van der Waals surface area contributed by atoms with E-state index in [-0.39, 0.29) is 0 Å². The maximum Gasteiger partial charge on any atom is 0.0806 e. The Balaban J connectivity index is 2.81. The van der Waals surface area contributed by atoms with E-state index in [1.54, 1.807) is 0 Å². The molecular formula is C9H13ClN+. The number of benzene rings is 1. The summed E-state index contributed by atoms with van der Waals surface area (Å²) in [7, 11) is 0. The van der Waals surface area contributed by atoms with Crippen molar-refractivity contribution >= 4 is 11.6 Å². The summed E-state index contributed by atoms with van der Waals surface area (Å²) in [6.07, 6.45) is 0.